The van der Waals surface area contributed by atoms with E-state index in [-0.39, 0.29) is 11.0 Å². The second-order valence-electron chi connectivity index (χ2n) is 8.05. The van der Waals surface area contributed by atoms with Crippen molar-refractivity contribution in [1.29, 1.82) is 0 Å². The third-order valence-electron chi connectivity index (χ3n) is 4.55. The van der Waals surface area contributed by atoms with Crippen molar-refractivity contribution in [3.8, 4) is 0 Å². The molecule has 0 bridgehead atoms. The molecular weight excluding hydrogens is 298 g/mol. The quantitative estimate of drug-likeness (QED) is 0.922. The summed E-state index contributed by atoms with van der Waals surface area (Å²) in [4.78, 5) is 22.6. The first-order valence-corrected chi connectivity index (χ1v) is 8.64. The van der Waals surface area contributed by atoms with Crippen molar-refractivity contribution < 1.29 is 0 Å². The molecule has 0 aliphatic carbocycles. The van der Waals surface area contributed by atoms with Crippen LogP contribution in [-0.2, 0) is 24.9 Å². The number of rotatable bonds is 2. The van der Waals surface area contributed by atoms with Gasteiger partial charge in [0.1, 0.15) is 5.82 Å². The van der Waals surface area contributed by atoms with Gasteiger partial charge in [-0.05, 0) is 19.4 Å². The fraction of sp³-hybridized carbons (Fsp3) is 0.500. The summed E-state index contributed by atoms with van der Waals surface area (Å²) in [5.74, 6) is 0.786. The number of aryl methyl sites for hydroxylation is 2. The van der Waals surface area contributed by atoms with Gasteiger partial charge in [-0.2, -0.15) is 0 Å². The predicted octanol–water partition coefficient (Wildman–Crippen LogP) is 3.24. The van der Waals surface area contributed by atoms with Gasteiger partial charge in [-0.3, -0.25) is 9.69 Å². The Morgan fingerprint density at radius 1 is 1.17 bits per heavy atom. The molecule has 0 radical (unpaired) electrons. The molecule has 1 N–H and O–H groups in total. The van der Waals surface area contributed by atoms with Crippen molar-refractivity contribution in [2.24, 2.45) is 0 Å². The summed E-state index contributed by atoms with van der Waals surface area (Å²) >= 11 is 0. The van der Waals surface area contributed by atoms with Gasteiger partial charge in [-0.15, -0.1) is 0 Å². The minimum Gasteiger partial charge on any atom is -0.310 e. The highest BCUT2D eigenvalue weighted by atomic mass is 16.1. The van der Waals surface area contributed by atoms with Crippen molar-refractivity contribution in [2.75, 3.05) is 6.54 Å². The fourth-order valence-electron chi connectivity index (χ4n) is 3.39. The smallest absolute Gasteiger partial charge is 0.255 e. The van der Waals surface area contributed by atoms with E-state index in [2.05, 4.69) is 62.7 Å². The van der Waals surface area contributed by atoms with Crippen molar-refractivity contribution in [2.45, 2.75) is 59.5 Å². The van der Waals surface area contributed by atoms with E-state index < -0.39 is 0 Å². The molecule has 1 aliphatic rings. The molecular formula is C20H27N3O. The lowest BCUT2D eigenvalue weighted by molar-refractivity contribution is 0.241. The van der Waals surface area contributed by atoms with E-state index in [4.69, 9.17) is 4.98 Å². The Hall–Kier alpha value is -1.94. The van der Waals surface area contributed by atoms with E-state index in [1.165, 1.54) is 16.7 Å². The van der Waals surface area contributed by atoms with Crippen LogP contribution >= 0.6 is 0 Å². The Kier molecular flexibility index (Phi) is 4.35. The first-order valence-electron chi connectivity index (χ1n) is 8.64. The Bertz CT molecular complexity index is 794. The maximum atomic E-state index is 12.5. The Morgan fingerprint density at radius 2 is 1.83 bits per heavy atom. The van der Waals surface area contributed by atoms with Crippen LogP contribution in [0.4, 0.5) is 0 Å². The fourth-order valence-corrected chi connectivity index (χ4v) is 3.39. The summed E-state index contributed by atoms with van der Waals surface area (Å²) < 4.78 is 0. The zero-order valence-electron chi connectivity index (χ0n) is 15.4. The molecule has 4 nitrogen and oxygen atoms in total. The number of H-pyrrole nitrogens is 1. The molecule has 0 atom stereocenters. The van der Waals surface area contributed by atoms with Crippen LogP contribution in [0.2, 0.25) is 0 Å². The Morgan fingerprint density at radius 3 is 2.46 bits per heavy atom. The van der Waals surface area contributed by atoms with E-state index >= 15 is 0 Å². The van der Waals surface area contributed by atoms with Gasteiger partial charge in [0.2, 0.25) is 0 Å². The summed E-state index contributed by atoms with van der Waals surface area (Å²) in [5, 5.41) is 0. The van der Waals surface area contributed by atoms with Crippen molar-refractivity contribution in [3.63, 3.8) is 0 Å². The molecule has 1 aliphatic heterocycles. The highest BCUT2D eigenvalue weighted by Crippen LogP contribution is 2.21. The van der Waals surface area contributed by atoms with E-state index in [1.54, 1.807) is 0 Å². The summed E-state index contributed by atoms with van der Waals surface area (Å²) in [6.07, 6.45) is 0.840. The summed E-state index contributed by atoms with van der Waals surface area (Å²) in [6, 6.07) is 6.65. The summed E-state index contributed by atoms with van der Waals surface area (Å²) in [7, 11) is 0. The molecule has 128 valence electrons. The number of nitrogens with zero attached hydrogens (tertiary/aromatic N) is 2. The number of nitrogens with one attached hydrogen (secondary N) is 1. The molecule has 0 saturated heterocycles. The van der Waals surface area contributed by atoms with Gasteiger partial charge < -0.3 is 4.98 Å². The lowest BCUT2D eigenvalue weighted by Crippen LogP contribution is -2.37. The van der Waals surface area contributed by atoms with Crippen LogP contribution in [0.25, 0.3) is 0 Å². The number of benzene rings is 1. The van der Waals surface area contributed by atoms with Gasteiger partial charge in [0.15, 0.2) is 0 Å². The van der Waals surface area contributed by atoms with Crippen LogP contribution < -0.4 is 5.56 Å². The third-order valence-corrected chi connectivity index (χ3v) is 4.55. The number of hydrogen-bond acceptors (Lipinski definition) is 3. The second kappa shape index (κ2) is 6.17. The molecule has 0 amide bonds. The SMILES string of the molecule is Cc1cc(C)cc(CN2CCc3nc(C(C)(C)C)[nH]c(=O)c3C2)c1. The first kappa shape index (κ1) is 16.9. The molecule has 0 saturated carbocycles. The molecule has 2 aromatic rings. The monoisotopic (exact) mass is 325 g/mol. The third kappa shape index (κ3) is 3.59. The molecule has 4 heteroatoms. The summed E-state index contributed by atoms with van der Waals surface area (Å²) in [6.45, 7) is 13.0. The Balaban J connectivity index is 1.83. The van der Waals surface area contributed by atoms with Crippen LogP contribution in [0.3, 0.4) is 0 Å². The van der Waals surface area contributed by atoms with Crippen LogP contribution in [0.1, 0.15) is 54.5 Å². The predicted molar refractivity (Wildman–Crippen MR) is 97.3 cm³/mol. The minimum atomic E-state index is -0.135. The number of hydrogen-bond donors (Lipinski definition) is 1. The van der Waals surface area contributed by atoms with Crippen LogP contribution in [0, 0.1) is 13.8 Å². The average Bonchev–Trinajstić information content (AvgIpc) is 2.45. The standard InChI is InChI=1S/C20H27N3O/c1-13-8-14(2)10-15(9-13)11-23-7-6-17-16(12-23)18(24)22-19(21-17)20(3,4)5/h8-10H,6-7,11-12H2,1-5H3,(H,21,22,24). The lowest BCUT2D eigenvalue weighted by atomic mass is 9.95. The highest BCUT2D eigenvalue weighted by Gasteiger charge is 2.24. The summed E-state index contributed by atoms with van der Waals surface area (Å²) in [5.41, 5.74) is 5.58. The second-order valence-corrected chi connectivity index (χ2v) is 8.05. The van der Waals surface area contributed by atoms with Crippen molar-refractivity contribution >= 4 is 0 Å². The number of aromatic nitrogens is 2. The maximum Gasteiger partial charge on any atom is 0.255 e. The van der Waals surface area contributed by atoms with Crippen LogP contribution in [0.5, 0.6) is 0 Å². The van der Waals surface area contributed by atoms with Gasteiger partial charge in [0, 0.05) is 31.5 Å². The van der Waals surface area contributed by atoms with Gasteiger partial charge in [0.05, 0.1) is 11.3 Å². The number of fused-ring (bicyclic) bond motifs is 1. The van der Waals surface area contributed by atoms with Gasteiger partial charge in [-0.1, -0.05) is 50.1 Å². The van der Waals surface area contributed by atoms with E-state index in [9.17, 15) is 4.79 Å². The maximum absolute atomic E-state index is 12.5. The molecule has 0 spiro atoms. The molecule has 24 heavy (non-hydrogen) atoms. The van der Waals surface area contributed by atoms with E-state index in [0.29, 0.717) is 6.54 Å². The highest BCUT2D eigenvalue weighted by molar-refractivity contribution is 5.29. The van der Waals surface area contributed by atoms with Crippen molar-refractivity contribution in [3.05, 3.63) is 62.3 Å². The molecule has 1 aromatic heterocycles. The normalized spacial score (nSPS) is 15.4. The van der Waals surface area contributed by atoms with Gasteiger partial charge in [-0.25, -0.2) is 4.98 Å². The first-order chi connectivity index (χ1) is 11.2. The average molecular weight is 325 g/mol. The van der Waals surface area contributed by atoms with Crippen molar-refractivity contribution in [1.82, 2.24) is 14.9 Å². The van der Waals surface area contributed by atoms with Crippen LogP contribution in [-0.4, -0.2) is 21.4 Å². The molecule has 1 aromatic carbocycles. The zero-order valence-corrected chi connectivity index (χ0v) is 15.4. The Labute approximate surface area is 143 Å². The zero-order chi connectivity index (χ0) is 17.5. The lowest BCUT2D eigenvalue weighted by Gasteiger charge is -2.29. The molecule has 2 heterocycles. The van der Waals surface area contributed by atoms with E-state index in [1.807, 2.05) is 0 Å². The molecule has 0 unspecified atom stereocenters. The largest absolute Gasteiger partial charge is 0.310 e. The van der Waals surface area contributed by atoms with Crippen LogP contribution in [0.15, 0.2) is 23.0 Å². The van der Waals surface area contributed by atoms with Gasteiger partial charge >= 0.3 is 0 Å². The van der Waals surface area contributed by atoms with Gasteiger partial charge in [0.25, 0.3) is 5.56 Å². The van der Waals surface area contributed by atoms with E-state index in [0.717, 1.165) is 36.6 Å². The number of aromatic amines is 1. The topological polar surface area (TPSA) is 49.0 Å². The minimum absolute atomic E-state index is 0.0232. The molecule has 0 fully saturated rings. The molecule has 3 rings (SSSR count).